The summed E-state index contributed by atoms with van der Waals surface area (Å²) < 4.78 is 10.6. The molecule has 33 heavy (non-hydrogen) atoms. The highest BCUT2D eigenvalue weighted by molar-refractivity contribution is 6.04. The first-order valence-electron chi connectivity index (χ1n) is 10.6. The van der Waals surface area contributed by atoms with E-state index < -0.39 is 5.97 Å². The summed E-state index contributed by atoms with van der Waals surface area (Å²) in [6, 6.07) is 21.0. The van der Waals surface area contributed by atoms with E-state index in [1.165, 1.54) is 18.6 Å². The van der Waals surface area contributed by atoms with Crippen LogP contribution in [0.5, 0.6) is 11.5 Å². The van der Waals surface area contributed by atoms with Crippen molar-refractivity contribution in [3.8, 4) is 11.5 Å². The number of nitrogens with one attached hydrogen (secondary N) is 2. The molecule has 0 radical (unpaired) electrons. The third kappa shape index (κ3) is 7.81. The van der Waals surface area contributed by atoms with Crippen molar-refractivity contribution >= 4 is 29.2 Å². The standard InChI is InChI=1S/C26H26N2O5/c1-18-8-14-23(15-9-18)32-16-4-7-25(30)27-21-10-12-22(13-11-21)28-26(31)20-5-3-6-24(17-20)33-19(2)29/h3,5-6,8-15,17H,4,7,16H2,1-2H3,(H,27,30)(H,28,31). The van der Waals surface area contributed by atoms with Crippen molar-refractivity contribution in [2.24, 2.45) is 0 Å². The maximum absolute atomic E-state index is 12.4. The van der Waals surface area contributed by atoms with Crippen LogP contribution in [0.2, 0.25) is 0 Å². The minimum atomic E-state index is -0.455. The van der Waals surface area contributed by atoms with Crippen LogP contribution in [-0.4, -0.2) is 24.4 Å². The van der Waals surface area contributed by atoms with Crippen molar-refractivity contribution in [1.82, 2.24) is 0 Å². The molecule has 0 fully saturated rings. The predicted molar refractivity (Wildman–Crippen MR) is 127 cm³/mol. The van der Waals surface area contributed by atoms with Gasteiger partial charge in [0, 0.05) is 30.3 Å². The first-order chi connectivity index (χ1) is 15.9. The van der Waals surface area contributed by atoms with Gasteiger partial charge in [0.05, 0.1) is 6.61 Å². The van der Waals surface area contributed by atoms with Gasteiger partial charge >= 0.3 is 5.97 Å². The summed E-state index contributed by atoms with van der Waals surface area (Å²) in [6.07, 6.45) is 0.934. The van der Waals surface area contributed by atoms with E-state index in [1.54, 1.807) is 42.5 Å². The molecule has 3 rings (SSSR count). The molecule has 170 valence electrons. The van der Waals surface area contributed by atoms with E-state index in [-0.39, 0.29) is 11.8 Å². The van der Waals surface area contributed by atoms with Gasteiger partial charge in [-0.05, 0) is 67.9 Å². The van der Waals surface area contributed by atoms with E-state index in [0.29, 0.717) is 42.1 Å². The zero-order valence-electron chi connectivity index (χ0n) is 18.6. The van der Waals surface area contributed by atoms with Crippen LogP contribution in [0.15, 0.2) is 72.8 Å². The highest BCUT2D eigenvalue weighted by Crippen LogP contribution is 2.18. The second kappa shape index (κ2) is 11.5. The van der Waals surface area contributed by atoms with E-state index in [0.717, 1.165) is 5.75 Å². The van der Waals surface area contributed by atoms with Gasteiger partial charge in [0.1, 0.15) is 11.5 Å². The lowest BCUT2D eigenvalue weighted by atomic mass is 10.2. The molecule has 7 heteroatoms. The number of carbonyl (C=O) groups is 3. The van der Waals surface area contributed by atoms with Crippen LogP contribution in [0.4, 0.5) is 11.4 Å². The van der Waals surface area contributed by atoms with Crippen molar-refractivity contribution in [1.29, 1.82) is 0 Å². The monoisotopic (exact) mass is 446 g/mol. The number of rotatable bonds is 9. The Morgan fingerprint density at radius 3 is 2.15 bits per heavy atom. The fourth-order valence-corrected chi connectivity index (χ4v) is 2.99. The van der Waals surface area contributed by atoms with Gasteiger partial charge in [-0.2, -0.15) is 0 Å². The second-order valence-electron chi connectivity index (χ2n) is 7.47. The summed E-state index contributed by atoms with van der Waals surface area (Å²) in [4.78, 5) is 35.7. The fourth-order valence-electron chi connectivity index (χ4n) is 2.99. The van der Waals surface area contributed by atoms with Crippen LogP contribution in [-0.2, 0) is 9.59 Å². The summed E-state index contributed by atoms with van der Waals surface area (Å²) in [5, 5.41) is 5.60. The largest absolute Gasteiger partial charge is 0.494 e. The highest BCUT2D eigenvalue weighted by atomic mass is 16.5. The molecule has 0 aromatic heterocycles. The number of benzene rings is 3. The zero-order valence-corrected chi connectivity index (χ0v) is 18.6. The van der Waals surface area contributed by atoms with Crippen molar-refractivity contribution in [3.63, 3.8) is 0 Å². The van der Waals surface area contributed by atoms with Gasteiger partial charge in [-0.3, -0.25) is 14.4 Å². The SMILES string of the molecule is CC(=O)Oc1cccc(C(=O)Nc2ccc(NC(=O)CCCOc3ccc(C)cc3)cc2)c1. The first-order valence-corrected chi connectivity index (χ1v) is 10.6. The molecule has 2 amide bonds. The van der Waals surface area contributed by atoms with Gasteiger partial charge in [-0.25, -0.2) is 0 Å². The molecule has 0 bridgehead atoms. The Morgan fingerprint density at radius 2 is 1.48 bits per heavy atom. The number of aryl methyl sites for hydroxylation is 1. The molecule has 2 N–H and O–H groups in total. The van der Waals surface area contributed by atoms with E-state index >= 15 is 0 Å². The number of amides is 2. The molecule has 0 aliphatic heterocycles. The molecule has 3 aromatic rings. The van der Waals surface area contributed by atoms with Crippen LogP contribution in [0, 0.1) is 6.92 Å². The zero-order chi connectivity index (χ0) is 23.6. The van der Waals surface area contributed by atoms with Crippen LogP contribution < -0.4 is 20.1 Å². The molecule has 0 saturated heterocycles. The topological polar surface area (TPSA) is 93.7 Å². The van der Waals surface area contributed by atoms with Crippen molar-refractivity contribution in [3.05, 3.63) is 83.9 Å². The van der Waals surface area contributed by atoms with Gasteiger partial charge in [-0.15, -0.1) is 0 Å². The lowest BCUT2D eigenvalue weighted by Gasteiger charge is -2.09. The number of hydrogen-bond donors (Lipinski definition) is 2. The van der Waals surface area contributed by atoms with E-state index in [1.807, 2.05) is 31.2 Å². The maximum atomic E-state index is 12.4. The first kappa shape index (κ1) is 23.5. The third-order valence-corrected chi connectivity index (χ3v) is 4.62. The fraction of sp³-hybridized carbons (Fsp3) is 0.192. The van der Waals surface area contributed by atoms with Gasteiger partial charge in [0.15, 0.2) is 0 Å². The Morgan fingerprint density at radius 1 is 0.818 bits per heavy atom. The predicted octanol–water partition coefficient (Wildman–Crippen LogP) is 4.97. The lowest BCUT2D eigenvalue weighted by molar-refractivity contribution is -0.131. The number of esters is 1. The average molecular weight is 447 g/mol. The van der Waals surface area contributed by atoms with Crippen molar-refractivity contribution in [2.45, 2.75) is 26.7 Å². The van der Waals surface area contributed by atoms with Crippen LogP contribution >= 0.6 is 0 Å². The Balaban J connectivity index is 1.43. The molecule has 3 aromatic carbocycles. The summed E-state index contributed by atoms with van der Waals surface area (Å²) in [7, 11) is 0. The quantitative estimate of drug-likeness (QED) is 0.275. The van der Waals surface area contributed by atoms with Gasteiger partial charge < -0.3 is 20.1 Å². The van der Waals surface area contributed by atoms with Crippen molar-refractivity contribution in [2.75, 3.05) is 17.2 Å². The Kier molecular flexibility index (Phi) is 8.18. The average Bonchev–Trinajstić information content (AvgIpc) is 2.79. The highest BCUT2D eigenvalue weighted by Gasteiger charge is 2.09. The van der Waals surface area contributed by atoms with Crippen molar-refractivity contribution < 1.29 is 23.9 Å². The molecule has 0 aliphatic carbocycles. The number of ether oxygens (including phenoxy) is 2. The van der Waals surface area contributed by atoms with E-state index in [2.05, 4.69) is 10.6 Å². The minimum absolute atomic E-state index is 0.110. The number of hydrogen-bond acceptors (Lipinski definition) is 5. The van der Waals surface area contributed by atoms with Crippen LogP contribution in [0.25, 0.3) is 0 Å². The molecule has 0 atom stereocenters. The molecule has 0 aliphatic rings. The van der Waals surface area contributed by atoms with Crippen LogP contribution in [0.3, 0.4) is 0 Å². The van der Waals surface area contributed by atoms with Gasteiger partial charge in [0.25, 0.3) is 5.91 Å². The number of carbonyl (C=O) groups excluding carboxylic acids is 3. The third-order valence-electron chi connectivity index (χ3n) is 4.62. The van der Waals surface area contributed by atoms with E-state index in [9.17, 15) is 14.4 Å². The Labute approximate surface area is 192 Å². The summed E-state index contributed by atoms with van der Waals surface area (Å²) in [6.45, 7) is 3.77. The maximum Gasteiger partial charge on any atom is 0.308 e. The lowest BCUT2D eigenvalue weighted by Crippen LogP contribution is -2.14. The van der Waals surface area contributed by atoms with Crippen LogP contribution in [0.1, 0.15) is 35.7 Å². The van der Waals surface area contributed by atoms with Gasteiger partial charge in [-0.1, -0.05) is 23.8 Å². The molecule has 0 heterocycles. The van der Waals surface area contributed by atoms with E-state index in [4.69, 9.17) is 9.47 Å². The summed E-state index contributed by atoms with van der Waals surface area (Å²) >= 11 is 0. The normalized spacial score (nSPS) is 10.2. The molecular formula is C26H26N2O5. The Bertz CT molecular complexity index is 1110. The summed E-state index contributed by atoms with van der Waals surface area (Å²) in [5.74, 6) is 0.189. The molecular weight excluding hydrogens is 420 g/mol. The Hall–Kier alpha value is -4.13. The number of anilines is 2. The molecule has 0 saturated carbocycles. The second-order valence-corrected chi connectivity index (χ2v) is 7.47. The minimum Gasteiger partial charge on any atom is -0.494 e. The summed E-state index contributed by atoms with van der Waals surface area (Å²) in [5.41, 5.74) is 2.73. The molecule has 0 spiro atoms. The molecule has 0 unspecified atom stereocenters. The smallest absolute Gasteiger partial charge is 0.308 e. The molecule has 7 nitrogen and oxygen atoms in total. The van der Waals surface area contributed by atoms with Gasteiger partial charge in [0.2, 0.25) is 5.91 Å².